The highest BCUT2D eigenvalue weighted by Crippen LogP contribution is 2.47. The average Bonchev–Trinajstić information content (AvgIpc) is 3.52. The second-order valence-electron chi connectivity index (χ2n) is 8.90. The van der Waals surface area contributed by atoms with Crippen molar-refractivity contribution < 1.29 is 4.79 Å². The molecule has 33 heavy (non-hydrogen) atoms. The summed E-state index contributed by atoms with van der Waals surface area (Å²) >= 11 is 0. The van der Waals surface area contributed by atoms with E-state index in [1.807, 2.05) is 36.5 Å². The van der Waals surface area contributed by atoms with Crippen LogP contribution in [0.5, 0.6) is 0 Å². The molecule has 2 aliphatic rings. The number of benzene rings is 2. The SMILES string of the molecule is O=C1Nc2ncccc2C12Cc1cc3ccc(CNc4cccc5cn[nH]c45)nc3cc1C2. The predicted molar refractivity (Wildman–Crippen MR) is 127 cm³/mol. The van der Waals surface area contributed by atoms with Crippen molar-refractivity contribution in [3.63, 3.8) is 0 Å². The summed E-state index contributed by atoms with van der Waals surface area (Å²) in [7, 11) is 0. The van der Waals surface area contributed by atoms with Crippen LogP contribution in [0.2, 0.25) is 0 Å². The zero-order chi connectivity index (χ0) is 22.0. The molecule has 1 aliphatic heterocycles. The number of hydrogen-bond donors (Lipinski definition) is 3. The van der Waals surface area contributed by atoms with Gasteiger partial charge in [0.2, 0.25) is 5.91 Å². The van der Waals surface area contributed by atoms with Crippen LogP contribution in [0.25, 0.3) is 21.8 Å². The molecule has 1 unspecified atom stereocenters. The van der Waals surface area contributed by atoms with E-state index in [2.05, 4.69) is 50.1 Å². The molecule has 0 bridgehead atoms. The van der Waals surface area contributed by atoms with Gasteiger partial charge >= 0.3 is 0 Å². The van der Waals surface area contributed by atoms with Crippen molar-refractivity contribution in [1.82, 2.24) is 20.2 Å². The molecule has 2 aromatic carbocycles. The fraction of sp³-hybridized carbons (Fsp3) is 0.154. The maximum Gasteiger partial charge on any atom is 0.237 e. The lowest BCUT2D eigenvalue weighted by molar-refractivity contribution is -0.120. The lowest BCUT2D eigenvalue weighted by Gasteiger charge is -2.20. The number of amides is 1. The standard InChI is InChI=1S/C26H20N6O/c33-25-26(20-4-2-8-27-24(20)31-25)11-17-9-15-6-7-19(30-22(15)10-18(17)12-26)14-28-21-5-1-3-16-13-29-32-23(16)21/h1-10,13,28H,11-12,14H2,(H,29,32)(H,27,31,33). The first-order valence-corrected chi connectivity index (χ1v) is 11.0. The van der Waals surface area contributed by atoms with Gasteiger partial charge in [0.05, 0.1) is 40.6 Å². The van der Waals surface area contributed by atoms with Crippen LogP contribution in [0, 0.1) is 0 Å². The van der Waals surface area contributed by atoms with Crippen LogP contribution in [0.15, 0.2) is 67.0 Å². The topological polar surface area (TPSA) is 95.6 Å². The lowest BCUT2D eigenvalue weighted by Crippen LogP contribution is -2.35. The molecule has 0 fully saturated rings. The molecule has 3 N–H and O–H groups in total. The molecule has 1 spiro atoms. The summed E-state index contributed by atoms with van der Waals surface area (Å²) in [5.74, 6) is 0.737. The minimum Gasteiger partial charge on any atom is -0.378 e. The largest absolute Gasteiger partial charge is 0.378 e. The van der Waals surface area contributed by atoms with E-state index in [-0.39, 0.29) is 5.91 Å². The van der Waals surface area contributed by atoms with Gasteiger partial charge in [-0.25, -0.2) is 4.98 Å². The molecule has 1 atom stereocenters. The Morgan fingerprint density at radius 2 is 1.91 bits per heavy atom. The number of carbonyl (C=O) groups excluding carboxylic acids is 1. The number of aromatic nitrogens is 4. The van der Waals surface area contributed by atoms with Crippen LogP contribution in [0.4, 0.5) is 11.5 Å². The molecule has 160 valence electrons. The zero-order valence-electron chi connectivity index (χ0n) is 17.7. The Morgan fingerprint density at radius 1 is 1.00 bits per heavy atom. The summed E-state index contributed by atoms with van der Waals surface area (Å²) in [6.45, 7) is 0.608. The molecule has 5 aromatic rings. The Morgan fingerprint density at radius 3 is 2.85 bits per heavy atom. The van der Waals surface area contributed by atoms with Gasteiger partial charge in [0.25, 0.3) is 0 Å². The van der Waals surface area contributed by atoms with E-state index in [4.69, 9.17) is 4.98 Å². The number of nitrogens with one attached hydrogen (secondary N) is 3. The molecule has 1 amide bonds. The van der Waals surface area contributed by atoms with Crippen LogP contribution in [-0.2, 0) is 29.6 Å². The van der Waals surface area contributed by atoms with Gasteiger partial charge in [0.15, 0.2) is 0 Å². The summed E-state index contributed by atoms with van der Waals surface area (Å²) in [6, 6.07) is 18.5. The van der Waals surface area contributed by atoms with E-state index in [1.54, 1.807) is 6.20 Å². The van der Waals surface area contributed by atoms with Crippen molar-refractivity contribution in [2.24, 2.45) is 0 Å². The molecular weight excluding hydrogens is 412 g/mol. The quantitative estimate of drug-likeness (QED) is 0.399. The maximum atomic E-state index is 13.0. The fourth-order valence-corrected chi connectivity index (χ4v) is 5.34. The molecule has 7 nitrogen and oxygen atoms in total. The highest BCUT2D eigenvalue weighted by molar-refractivity contribution is 6.06. The highest BCUT2D eigenvalue weighted by atomic mass is 16.2. The van der Waals surface area contributed by atoms with Gasteiger partial charge in [-0.05, 0) is 54.3 Å². The van der Waals surface area contributed by atoms with Crippen LogP contribution < -0.4 is 10.6 Å². The minimum atomic E-state index is -0.559. The summed E-state index contributed by atoms with van der Waals surface area (Å²) in [4.78, 5) is 22.3. The van der Waals surface area contributed by atoms with Crippen LogP contribution in [-0.4, -0.2) is 26.1 Å². The fourth-order valence-electron chi connectivity index (χ4n) is 5.34. The Labute approximate surface area is 189 Å². The number of rotatable bonds is 3. The first-order valence-electron chi connectivity index (χ1n) is 11.0. The normalized spacial score (nSPS) is 18.6. The molecule has 7 rings (SSSR count). The van der Waals surface area contributed by atoms with Gasteiger partial charge in [0.1, 0.15) is 5.82 Å². The Bertz CT molecular complexity index is 1590. The molecule has 4 heterocycles. The third-order valence-corrected chi connectivity index (χ3v) is 6.98. The van der Waals surface area contributed by atoms with Gasteiger partial charge in [-0.1, -0.05) is 24.3 Å². The second kappa shape index (κ2) is 6.62. The van der Waals surface area contributed by atoms with Crippen molar-refractivity contribution in [3.05, 3.63) is 89.4 Å². The van der Waals surface area contributed by atoms with Gasteiger partial charge in [-0.15, -0.1) is 0 Å². The van der Waals surface area contributed by atoms with Gasteiger partial charge in [-0.3, -0.25) is 14.9 Å². The molecule has 0 radical (unpaired) electrons. The average molecular weight is 432 g/mol. The molecular formula is C26H20N6O. The maximum absolute atomic E-state index is 13.0. The van der Waals surface area contributed by atoms with E-state index < -0.39 is 5.41 Å². The number of pyridine rings is 2. The van der Waals surface area contributed by atoms with E-state index in [9.17, 15) is 4.79 Å². The Hall–Kier alpha value is -4.26. The molecule has 0 saturated heterocycles. The van der Waals surface area contributed by atoms with Crippen LogP contribution >= 0.6 is 0 Å². The van der Waals surface area contributed by atoms with Gasteiger partial charge < -0.3 is 10.6 Å². The third kappa shape index (κ3) is 2.68. The lowest BCUT2D eigenvalue weighted by atomic mass is 9.79. The van der Waals surface area contributed by atoms with Crippen molar-refractivity contribution in [2.75, 3.05) is 10.6 Å². The van der Waals surface area contributed by atoms with E-state index >= 15 is 0 Å². The molecule has 0 saturated carbocycles. The van der Waals surface area contributed by atoms with Crippen LogP contribution in [0.1, 0.15) is 22.4 Å². The number of H-pyrrole nitrogens is 1. The van der Waals surface area contributed by atoms with Gasteiger partial charge in [0, 0.05) is 22.5 Å². The number of carbonyl (C=O) groups is 1. The number of hydrogen-bond acceptors (Lipinski definition) is 5. The summed E-state index contributed by atoms with van der Waals surface area (Å²) < 4.78 is 0. The first kappa shape index (κ1) is 18.3. The van der Waals surface area contributed by atoms with Crippen molar-refractivity contribution in [2.45, 2.75) is 24.8 Å². The van der Waals surface area contributed by atoms with E-state index in [0.29, 0.717) is 25.2 Å². The van der Waals surface area contributed by atoms with Crippen LogP contribution in [0.3, 0.4) is 0 Å². The number of fused-ring (bicyclic) bond motifs is 5. The number of para-hydroxylation sites is 1. The highest BCUT2D eigenvalue weighted by Gasteiger charge is 2.51. The molecule has 3 aromatic heterocycles. The monoisotopic (exact) mass is 432 g/mol. The second-order valence-corrected chi connectivity index (χ2v) is 8.90. The summed E-state index contributed by atoms with van der Waals surface area (Å²) in [5, 5.41) is 15.8. The number of nitrogens with zero attached hydrogens (tertiary/aromatic N) is 3. The summed E-state index contributed by atoms with van der Waals surface area (Å²) in [6.07, 6.45) is 4.91. The van der Waals surface area contributed by atoms with Crippen molar-refractivity contribution in [3.8, 4) is 0 Å². The van der Waals surface area contributed by atoms with E-state index in [0.717, 1.165) is 38.8 Å². The smallest absolute Gasteiger partial charge is 0.237 e. The van der Waals surface area contributed by atoms with Gasteiger partial charge in [-0.2, -0.15) is 5.10 Å². The van der Waals surface area contributed by atoms with Crippen molar-refractivity contribution in [1.29, 1.82) is 0 Å². The third-order valence-electron chi connectivity index (χ3n) is 6.98. The van der Waals surface area contributed by atoms with E-state index in [1.165, 1.54) is 11.1 Å². The Balaban J connectivity index is 1.20. The zero-order valence-corrected chi connectivity index (χ0v) is 17.7. The summed E-state index contributed by atoms with van der Waals surface area (Å²) in [5.41, 5.74) is 6.75. The first-order chi connectivity index (χ1) is 16.2. The number of aromatic amines is 1. The number of anilines is 2. The Kier molecular flexibility index (Phi) is 3.68. The molecule has 1 aliphatic carbocycles. The predicted octanol–water partition coefficient (Wildman–Crippen LogP) is 4.11. The minimum absolute atomic E-state index is 0.0438. The van der Waals surface area contributed by atoms with Crippen molar-refractivity contribution >= 4 is 39.2 Å². The molecule has 7 heteroatoms.